The Morgan fingerprint density at radius 3 is 2.38 bits per heavy atom. The molecule has 2 aliphatic heterocycles. The maximum atomic E-state index is 13.6. The van der Waals surface area contributed by atoms with Gasteiger partial charge in [-0.1, -0.05) is 42.5 Å². The molecule has 0 aliphatic carbocycles. The van der Waals surface area contributed by atoms with E-state index >= 15 is 0 Å². The predicted octanol–water partition coefficient (Wildman–Crippen LogP) is 3.24. The Labute approximate surface area is 272 Å². The number of benzene rings is 2. The van der Waals surface area contributed by atoms with Gasteiger partial charge in [-0.05, 0) is 43.9 Å². The number of nitrogens with zero attached hydrogens (tertiary/aromatic N) is 4. The average molecular weight is 646 g/mol. The lowest BCUT2D eigenvalue weighted by molar-refractivity contribution is -0.138. The summed E-state index contributed by atoms with van der Waals surface area (Å²) in [6, 6.07) is 17.2. The number of aliphatic carboxylic acids is 1. The summed E-state index contributed by atoms with van der Waals surface area (Å²) >= 11 is 0. The number of rotatable bonds is 11. The number of hydrogen-bond acceptors (Lipinski definition) is 8. The van der Waals surface area contributed by atoms with Crippen LogP contribution in [0.4, 0.5) is 4.79 Å². The highest BCUT2D eigenvalue weighted by atomic mass is 16.6. The molecule has 0 spiro atoms. The number of pyridine rings is 1. The normalized spacial score (nSPS) is 16.9. The van der Waals surface area contributed by atoms with E-state index in [9.17, 15) is 29.1 Å². The van der Waals surface area contributed by atoms with Crippen LogP contribution in [-0.4, -0.2) is 107 Å². The zero-order valence-electron chi connectivity index (χ0n) is 26.3. The van der Waals surface area contributed by atoms with E-state index in [-0.39, 0.29) is 75.6 Å². The van der Waals surface area contributed by atoms with Crippen molar-refractivity contribution in [2.75, 3.05) is 45.9 Å². The molecule has 13 nitrogen and oxygen atoms in total. The zero-order chi connectivity index (χ0) is 33.3. The number of piperazine rings is 1. The Kier molecular flexibility index (Phi) is 10.9. The fourth-order valence-electron chi connectivity index (χ4n) is 5.99. The second kappa shape index (κ2) is 15.4. The molecule has 3 heterocycles. The first kappa shape index (κ1) is 33.2. The largest absolute Gasteiger partial charge is 0.483 e. The third-order valence-corrected chi connectivity index (χ3v) is 8.39. The molecule has 2 fully saturated rings. The number of hydrogen-bond donors (Lipinski definition) is 2. The SMILES string of the molecule is CCOC(=O)N1CCN(C(=O)[C@H](CCC(=O)O)NC(=O)c2cc(OCC(=O)N3CCC[C@@H]3c3ccccc3)c3ccccc3n2)CC1. The van der Waals surface area contributed by atoms with E-state index < -0.39 is 29.9 Å². The topological polar surface area (TPSA) is 159 Å². The molecule has 2 aromatic carbocycles. The monoisotopic (exact) mass is 645 g/mol. The van der Waals surface area contributed by atoms with Gasteiger partial charge in [-0.25, -0.2) is 9.78 Å². The van der Waals surface area contributed by atoms with Crippen molar-refractivity contribution < 1.29 is 38.6 Å². The fraction of sp³-hybridized carbons (Fsp3) is 0.412. The second-order valence-electron chi connectivity index (χ2n) is 11.4. The van der Waals surface area contributed by atoms with E-state index in [1.807, 2.05) is 35.2 Å². The number of nitrogens with one attached hydrogen (secondary N) is 1. The third kappa shape index (κ3) is 8.15. The number of fused-ring (bicyclic) bond motifs is 1. The van der Waals surface area contributed by atoms with E-state index in [0.29, 0.717) is 17.4 Å². The maximum absolute atomic E-state index is 13.6. The molecule has 1 aromatic heterocycles. The van der Waals surface area contributed by atoms with Crippen molar-refractivity contribution in [3.63, 3.8) is 0 Å². The van der Waals surface area contributed by atoms with Gasteiger partial charge in [0.15, 0.2) is 6.61 Å². The quantitative estimate of drug-likeness (QED) is 0.319. The molecule has 4 amide bonds. The van der Waals surface area contributed by atoms with Crippen LogP contribution in [0, 0.1) is 0 Å². The Bertz CT molecular complexity index is 1610. The van der Waals surface area contributed by atoms with Gasteiger partial charge in [-0.15, -0.1) is 0 Å². The summed E-state index contributed by atoms with van der Waals surface area (Å²) in [4.78, 5) is 73.1. The van der Waals surface area contributed by atoms with Crippen LogP contribution in [-0.2, 0) is 19.1 Å². The lowest BCUT2D eigenvalue weighted by Crippen LogP contribution is -2.56. The molecular formula is C34H39N5O8. The molecule has 2 atom stereocenters. The number of carboxylic acids is 1. The van der Waals surface area contributed by atoms with Crippen LogP contribution in [0.15, 0.2) is 60.7 Å². The summed E-state index contributed by atoms with van der Waals surface area (Å²) < 4.78 is 11.1. The van der Waals surface area contributed by atoms with E-state index in [4.69, 9.17) is 9.47 Å². The molecule has 47 heavy (non-hydrogen) atoms. The van der Waals surface area contributed by atoms with E-state index in [0.717, 1.165) is 18.4 Å². The number of para-hydroxylation sites is 1. The van der Waals surface area contributed by atoms with E-state index in [2.05, 4.69) is 10.3 Å². The Balaban J connectivity index is 1.30. The van der Waals surface area contributed by atoms with Crippen molar-refractivity contribution >= 4 is 40.7 Å². The first-order valence-corrected chi connectivity index (χ1v) is 15.8. The van der Waals surface area contributed by atoms with Crippen LogP contribution < -0.4 is 10.1 Å². The van der Waals surface area contributed by atoms with Gasteiger partial charge in [-0.2, -0.15) is 0 Å². The summed E-state index contributed by atoms with van der Waals surface area (Å²) in [6.07, 6.45) is 0.801. The van der Waals surface area contributed by atoms with Crippen LogP contribution >= 0.6 is 0 Å². The van der Waals surface area contributed by atoms with Gasteiger partial charge in [0.05, 0.1) is 18.2 Å². The maximum Gasteiger partial charge on any atom is 0.409 e. The minimum absolute atomic E-state index is 0.0313. The first-order valence-electron chi connectivity index (χ1n) is 15.8. The number of carboxylic acid groups (broad SMARTS) is 1. The van der Waals surface area contributed by atoms with Crippen LogP contribution in [0.3, 0.4) is 0 Å². The van der Waals surface area contributed by atoms with Gasteiger partial charge in [0.25, 0.3) is 11.8 Å². The number of carbonyl (C=O) groups excluding carboxylic acids is 4. The molecule has 0 saturated carbocycles. The zero-order valence-corrected chi connectivity index (χ0v) is 26.3. The van der Waals surface area contributed by atoms with Gasteiger partial charge < -0.3 is 34.6 Å². The molecule has 248 valence electrons. The highest BCUT2D eigenvalue weighted by molar-refractivity contribution is 5.99. The van der Waals surface area contributed by atoms with Crippen molar-refractivity contribution in [1.29, 1.82) is 0 Å². The molecule has 2 saturated heterocycles. The van der Waals surface area contributed by atoms with Crippen LogP contribution in [0.5, 0.6) is 5.75 Å². The number of likely N-dealkylation sites (tertiary alicyclic amines) is 1. The number of aromatic nitrogens is 1. The third-order valence-electron chi connectivity index (χ3n) is 8.39. The average Bonchev–Trinajstić information content (AvgIpc) is 3.59. The van der Waals surface area contributed by atoms with Crippen molar-refractivity contribution in [2.24, 2.45) is 0 Å². The first-order chi connectivity index (χ1) is 22.7. The van der Waals surface area contributed by atoms with Crippen LogP contribution in [0.25, 0.3) is 10.9 Å². The molecule has 0 radical (unpaired) electrons. The number of ether oxygens (including phenoxy) is 2. The second-order valence-corrected chi connectivity index (χ2v) is 11.4. The van der Waals surface area contributed by atoms with Crippen LogP contribution in [0.2, 0.25) is 0 Å². The minimum atomic E-state index is -1.14. The number of amides is 4. The highest BCUT2D eigenvalue weighted by Gasteiger charge is 2.32. The fourth-order valence-corrected chi connectivity index (χ4v) is 5.99. The Hall–Kier alpha value is -5.20. The Morgan fingerprint density at radius 1 is 0.957 bits per heavy atom. The van der Waals surface area contributed by atoms with E-state index in [1.165, 1.54) is 15.9 Å². The van der Waals surface area contributed by atoms with Crippen molar-refractivity contribution in [3.05, 3.63) is 71.9 Å². The van der Waals surface area contributed by atoms with Gasteiger partial charge in [0.2, 0.25) is 5.91 Å². The van der Waals surface area contributed by atoms with Gasteiger partial charge in [0.1, 0.15) is 17.5 Å². The predicted molar refractivity (Wildman–Crippen MR) is 171 cm³/mol. The lowest BCUT2D eigenvalue weighted by atomic mass is 10.0. The smallest absolute Gasteiger partial charge is 0.409 e. The summed E-state index contributed by atoms with van der Waals surface area (Å²) in [5, 5.41) is 12.6. The molecule has 5 rings (SSSR count). The minimum Gasteiger partial charge on any atom is -0.483 e. The van der Waals surface area contributed by atoms with Crippen molar-refractivity contribution in [3.8, 4) is 5.75 Å². The standard InChI is InChI=1S/C34H39N5O8/c1-2-46-34(45)38-19-17-37(18-20-38)33(44)26(14-15-31(41)42)36-32(43)27-21-29(24-11-6-7-12-25(24)35-27)47-22-30(40)39-16-8-13-28(39)23-9-4-3-5-10-23/h3-7,9-12,21,26,28H,2,8,13-20,22H2,1H3,(H,36,43)(H,41,42)/t26-,28+/m0/s1. The summed E-state index contributed by atoms with van der Waals surface area (Å²) in [5.41, 5.74) is 1.48. The molecule has 0 unspecified atom stereocenters. The van der Waals surface area contributed by atoms with E-state index in [1.54, 1.807) is 31.2 Å². The molecule has 2 N–H and O–H groups in total. The molecule has 2 aliphatic rings. The highest BCUT2D eigenvalue weighted by Crippen LogP contribution is 2.32. The van der Waals surface area contributed by atoms with Gasteiger partial charge in [0, 0.05) is 50.6 Å². The van der Waals surface area contributed by atoms with Gasteiger partial charge >= 0.3 is 12.1 Å². The van der Waals surface area contributed by atoms with Gasteiger partial charge in [-0.3, -0.25) is 19.2 Å². The molecule has 13 heteroatoms. The van der Waals surface area contributed by atoms with Crippen LogP contribution in [0.1, 0.15) is 54.7 Å². The summed E-state index contributed by atoms with van der Waals surface area (Å²) in [5.74, 6) is -2.14. The summed E-state index contributed by atoms with van der Waals surface area (Å²) in [6.45, 7) is 3.24. The van der Waals surface area contributed by atoms with Crippen molar-refractivity contribution in [2.45, 2.75) is 44.7 Å². The summed E-state index contributed by atoms with van der Waals surface area (Å²) in [7, 11) is 0. The van der Waals surface area contributed by atoms with Crippen molar-refractivity contribution in [1.82, 2.24) is 25.0 Å². The number of carbonyl (C=O) groups is 5. The molecule has 3 aromatic rings. The lowest BCUT2D eigenvalue weighted by Gasteiger charge is -2.35. The molecule has 0 bridgehead atoms. The Morgan fingerprint density at radius 2 is 1.66 bits per heavy atom. The molecular weight excluding hydrogens is 606 g/mol.